The van der Waals surface area contributed by atoms with Gasteiger partial charge in [0.2, 0.25) is 0 Å². The van der Waals surface area contributed by atoms with Crippen LogP contribution in [0.4, 0.5) is 0 Å². The number of allylic oxidation sites excluding steroid dienone is 2. The largest absolute Gasteiger partial charge is 0.259 e. The Bertz CT molecular complexity index is 437. The molecule has 0 saturated heterocycles. The number of hydrogen-bond acceptors (Lipinski definition) is 3. The molecule has 2 rings (SSSR count). The fourth-order valence-corrected chi connectivity index (χ4v) is 2.29. The highest BCUT2D eigenvalue weighted by molar-refractivity contribution is 8.08. The van der Waals surface area contributed by atoms with Gasteiger partial charge in [0.15, 0.2) is 0 Å². The van der Waals surface area contributed by atoms with Gasteiger partial charge in [-0.2, -0.15) is 0 Å². The number of hydrogen-bond donors (Lipinski definition) is 0. The van der Waals surface area contributed by atoms with Crippen LogP contribution < -0.4 is 0 Å². The van der Waals surface area contributed by atoms with Gasteiger partial charge in [-0.3, -0.25) is 10.1 Å². The summed E-state index contributed by atoms with van der Waals surface area (Å²) in [5.41, 5.74) is 1.38. The lowest BCUT2D eigenvalue weighted by molar-refractivity contribution is -0.423. The minimum atomic E-state index is -0.328. The summed E-state index contributed by atoms with van der Waals surface area (Å²) in [6, 6.07) is 9.89. The Hall–Kier alpha value is -1.55. The molecule has 15 heavy (non-hydrogen) atoms. The smallest absolute Gasteiger partial charge is 0.256 e. The highest BCUT2D eigenvalue weighted by atomic mass is 32.2. The molecule has 76 valence electrons. The van der Waals surface area contributed by atoms with Crippen molar-refractivity contribution in [1.29, 1.82) is 0 Å². The van der Waals surface area contributed by atoms with E-state index in [4.69, 9.17) is 0 Å². The van der Waals surface area contributed by atoms with Gasteiger partial charge in [0.25, 0.3) is 5.70 Å². The Morgan fingerprint density at radius 1 is 1.20 bits per heavy atom. The van der Waals surface area contributed by atoms with Gasteiger partial charge in [-0.1, -0.05) is 30.3 Å². The van der Waals surface area contributed by atoms with Gasteiger partial charge in [0, 0.05) is 11.0 Å². The second-order valence-electron chi connectivity index (χ2n) is 3.10. The molecule has 0 saturated carbocycles. The summed E-state index contributed by atoms with van der Waals surface area (Å²) in [6.07, 6.45) is 3.39. The van der Waals surface area contributed by atoms with Crippen molar-refractivity contribution >= 4 is 16.7 Å². The van der Waals surface area contributed by atoms with E-state index in [1.165, 1.54) is 11.8 Å². The topological polar surface area (TPSA) is 43.1 Å². The Labute approximate surface area is 91.6 Å². The van der Waals surface area contributed by atoms with Crippen molar-refractivity contribution in [1.82, 2.24) is 0 Å². The zero-order valence-electron chi connectivity index (χ0n) is 7.92. The lowest BCUT2D eigenvalue weighted by Gasteiger charge is -2.09. The van der Waals surface area contributed by atoms with E-state index in [0.29, 0.717) is 5.75 Å². The number of rotatable bonds is 2. The van der Waals surface area contributed by atoms with Crippen LogP contribution in [0.1, 0.15) is 5.56 Å². The molecule has 0 N–H and O–H groups in total. The summed E-state index contributed by atoms with van der Waals surface area (Å²) in [4.78, 5) is 11.2. The summed E-state index contributed by atoms with van der Waals surface area (Å²) in [5, 5.41) is 10.5. The highest BCUT2D eigenvalue weighted by Gasteiger charge is 2.16. The minimum Gasteiger partial charge on any atom is -0.259 e. The maximum absolute atomic E-state index is 10.5. The van der Waals surface area contributed by atoms with Crippen molar-refractivity contribution in [3.8, 4) is 0 Å². The molecule has 0 amide bonds. The van der Waals surface area contributed by atoms with Crippen molar-refractivity contribution in [2.45, 2.75) is 0 Å². The molecular weight excluding hydrogens is 210 g/mol. The summed E-state index contributed by atoms with van der Waals surface area (Å²) < 4.78 is 0. The molecule has 1 aromatic rings. The molecule has 0 radical (unpaired) electrons. The Morgan fingerprint density at radius 3 is 2.47 bits per heavy atom. The van der Waals surface area contributed by atoms with Crippen LogP contribution in [-0.4, -0.2) is 10.7 Å². The van der Waals surface area contributed by atoms with E-state index in [0.717, 1.165) is 10.5 Å². The summed E-state index contributed by atoms with van der Waals surface area (Å²) in [6.45, 7) is 0. The molecule has 0 spiro atoms. The maximum Gasteiger partial charge on any atom is 0.256 e. The van der Waals surface area contributed by atoms with E-state index in [-0.39, 0.29) is 10.6 Å². The molecule has 0 unspecified atom stereocenters. The third-order valence-corrected chi connectivity index (χ3v) is 3.22. The van der Waals surface area contributed by atoms with E-state index >= 15 is 0 Å². The van der Waals surface area contributed by atoms with Crippen molar-refractivity contribution in [2.75, 3.05) is 5.75 Å². The number of nitrogens with zero attached hydrogens (tertiary/aromatic N) is 1. The van der Waals surface area contributed by atoms with E-state index in [2.05, 4.69) is 0 Å². The van der Waals surface area contributed by atoms with Gasteiger partial charge in [-0.15, -0.1) is 11.8 Å². The van der Waals surface area contributed by atoms with Crippen LogP contribution in [-0.2, 0) is 0 Å². The van der Waals surface area contributed by atoms with E-state index in [1.807, 2.05) is 36.4 Å². The van der Waals surface area contributed by atoms with E-state index in [9.17, 15) is 10.1 Å². The molecule has 0 fully saturated rings. The molecule has 0 bridgehead atoms. The van der Waals surface area contributed by atoms with Crippen LogP contribution in [0.15, 0.2) is 48.2 Å². The SMILES string of the molecule is O=[N+]([O-])C1=CC=C(c2ccccc2)SC1. The van der Waals surface area contributed by atoms with Crippen molar-refractivity contribution in [2.24, 2.45) is 0 Å². The van der Waals surface area contributed by atoms with Crippen LogP contribution >= 0.6 is 11.8 Å². The van der Waals surface area contributed by atoms with Crippen LogP contribution in [0.25, 0.3) is 4.91 Å². The molecular formula is C11H9NO2S. The quantitative estimate of drug-likeness (QED) is 0.567. The molecule has 1 aliphatic rings. The first-order valence-electron chi connectivity index (χ1n) is 4.51. The number of nitro groups is 1. The fourth-order valence-electron chi connectivity index (χ4n) is 1.32. The predicted octanol–water partition coefficient (Wildman–Crippen LogP) is 2.93. The summed E-state index contributed by atoms with van der Waals surface area (Å²) in [5.74, 6) is 0.438. The first-order chi connectivity index (χ1) is 7.27. The normalized spacial score (nSPS) is 15.5. The Kier molecular flexibility index (Phi) is 2.87. The van der Waals surface area contributed by atoms with Gasteiger partial charge < -0.3 is 0 Å². The first kappa shape index (κ1) is 9.98. The lowest BCUT2D eigenvalue weighted by atomic mass is 10.2. The van der Waals surface area contributed by atoms with Crippen LogP contribution in [0, 0.1) is 10.1 Å². The van der Waals surface area contributed by atoms with Crippen molar-refractivity contribution < 1.29 is 4.92 Å². The zero-order valence-corrected chi connectivity index (χ0v) is 8.74. The summed E-state index contributed by atoms with van der Waals surface area (Å²) in [7, 11) is 0. The number of benzene rings is 1. The fraction of sp³-hybridized carbons (Fsp3) is 0.0909. The molecule has 1 aliphatic heterocycles. The molecule has 4 heteroatoms. The lowest BCUT2D eigenvalue weighted by Crippen LogP contribution is -2.03. The van der Waals surface area contributed by atoms with Crippen LogP contribution in [0.2, 0.25) is 0 Å². The standard InChI is InChI=1S/C11H9NO2S/c13-12(14)10-6-7-11(15-8-10)9-4-2-1-3-5-9/h1-7H,8H2. The molecule has 0 atom stereocenters. The van der Waals surface area contributed by atoms with Crippen molar-refractivity contribution in [3.05, 3.63) is 63.9 Å². The van der Waals surface area contributed by atoms with Gasteiger partial charge in [0.1, 0.15) is 0 Å². The molecule has 1 aromatic carbocycles. The van der Waals surface area contributed by atoms with Crippen LogP contribution in [0.3, 0.4) is 0 Å². The molecule has 3 nitrogen and oxygen atoms in total. The molecule has 0 aromatic heterocycles. The average Bonchev–Trinajstić information content (AvgIpc) is 2.30. The zero-order chi connectivity index (χ0) is 10.7. The second kappa shape index (κ2) is 4.31. The van der Waals surface area contributed by atoms with E-state index in [1.54, 1.807) is 6.08 Å². The van der Waals surface area contributed by atoms with Gasteiger partial charge in [-0.05, 0) is 11.6 Å². The van der Waals surface area contributed by atoms with Gasteiger partial charge in [-0.25, -0.2) is 0 Å². The Morgan fingerprint density at radius 2 is 1.93 bits per heavy atom. The van der Waals surface area contributed by atoms with Crippen LogP contribution in [0.5, 0.6) is 0 Å². The maximum atomic E-state index is 10.5. The minimum absolute atomic E-state index is 0.264. The monoisotopic (exact) mass is 219 g/mol. The average molecular weight is 219 g/mol. The van der Waals surface area contributed by atoms with Gasteiger partial charge >= 0.3 is 0 Å². The third kappa shape index (κ3) is 2.27. The Balaban J connectivity index is 2.25. The number of thioether (sulfide) groups is 1. The highest BCUT2D eigenvalue weighted by Crippen LogP contribution is 2.32. The van der Waals surface area contributed by atoms with Gasteiger partial charge in [0.05, 0.1) is 10.7 Å². The van der Waals surface area contributed by atoms with E-state index < -0.39 is 0 Å². The molecule has 0 aliphatic carbocycles. The third-order valence-electron chi connectivity index (χ3n) is 2.10. The summed E-state index contributed by atoms with van der Waals surface area (Å²) >= 11 is 1.50. The predicted molar refractivity (Wildman–Crippen MR) is 62.0 cm³/mol. The first-order valence-corrected chi connectivity index (χ1v) is 5.49. The second-order valence-corrected chi connectivity index (χ2v) is 4.12. The van der Waals surface area contributed by atoms with Crippen molar-refractivity contribution in [3.63, 3.8) is 0 Å². The molecule has 1 heterocycles.